The second-order valence-corrected chi connectivity index (χ2v) is 10.7. The molecule has 0 aliphatic rings. The van der Waals surface area contributed by atoms with Gasteiger partial charge in [0.05, 0.1) is 34.9 Å². The Morgan fingerprint density at radius 3 is 2.62 bits per heavy atom. The van der Waals surface area contributed by atoms with E-state index in [1.807, 2.05) is 23.6 Å². The van der Waals surface area contributed by atoms with Crippen molar-refractivity contribution < 1.29 is 18.0 Å². The predicted molar refractivity (Wildman–Crippen MR) is 160 cm³/mol. The summed E-state index contributed by atoms with van der Waals surface area (Å²) in [6.45, 7) is 6.77. The third-order valence-corrected chi connectivity index (χ3v) is 7.25. The van der Waals surface area contributed by atoms with Gasteiger partial charge < -0.3 is 20.5 Å². The highest BCUT2D eigenvalue weighted by Crippen LogP contribution is 2.32. The van der Waals surface area contributed by atoms with Gasteiger partial charge >= 0.3 is 6.18 Å². The van der Waals surface area contributed by atoms with E-state index < -0.39 is 11.7 Å². The summed E-state index contributed by atoms with van der Waals surface area (Å²) in [5.74, 6) is -0.183. The van der Waals surface area contributed by atoms with Crippen LogP contribution in [-0.2, 0) is 30.5 Å². The summed E-state index contributed by atoms with van der Waals surface area (Å²) in [5.41, 5.74) is 7.73. The van der Waals surface area contributed by atoms with Crippen molar-refractivity contribution in [3.8, 4) is 6.07 Å². The van der Waals surface area contributed by atoms with Crippen LogP contribution in [0.25, 0.3) is 0 Å². The van der Waals surface area contributed by atoms with Crippen LogP contribution in [0.5, 0.6) is 0 Å². The molecular formula is C31H35F3N6OS. The average molecular weight is 597 g/mol. The van der Waals surface area contributed by atoms with Crippen molar-refractivity contribution in [1.29, 1.82) is 5.26 Å². The minimum absolute atomic E-state index is 0.0124. The van der Waals surface area contributed by atoms with Crippen molar-refractivity contribution in [2.45, 2.75) is 51.5 Å². The third-order valence-electron chi connectivity index (χ3n) is 6.82. The van der Waals surface area contributed by atoms with Gasteiger partial charge in [0, 0.05) is 50.5 Å². The van der Waals surface area contributed by atoms with Crippen LogP contribution in [0, 0.1) is 17.2 Å². The Morgan fingerprint density at radius 1 is 1.26 bits per heavy atom. The van der Waals surface area contributed by atoms with Gasteiger partial charge in [-0.05, 0) is 41.7 Å². The number of nitriles is 1. The summed E-state index contributed by atoms with van der Waals surface area (Å²) in [7, 11) is 0. The molecule has 0 aliphatic carbocycles. The standard InChI is InChI=1S/C31H35F3N6OS/c1-3-12-39(20-25-6-4-5-7-28(25)31(32,33)34)30(42)14-22(2)13-26(17-36)38-29(41)15-27-18-37-21-40(27)19-24-10-8-23(16-35)9-11-24/h3-11,18,21-22,26H,1,12-15,17,19-20,36H2,2H3,(H,38,41). The summed E-state index contributed by atoms with van der Waals surface area (Å²) in [6.07, 6.45) is 1.57. The van der Waals surface area contributed by atoms with E-state index in [9.17, 15) is 18.0 Å². The monoisotopic (exact) mass is 596 g/mol. The number of halogens is 3. The Kier molecular flexibility index (Phi) is 11.8. The number of nitrogens with one attached hydrogen (secondary N) is 1. The molecule has 0 bridgehead atoms. The molecule has 42 heavy (non-hydrogen) atoms. The van der Waals surface area contributed by atoms with E-state index in [2.05, 4.69) is 22.9 Å². The number of nitrogens with zero attached hydrogens (tertiary/aromatic N) is 4. The number of carbonyl (C=O) groups excluding carboxylic acids is 1. The molecule has 0 spiro atoms. The number of nitrogens with two attached hydrogens (primary N) is 1. The van der Waals surface area contributed by atoms with Gasteiger partial charge in [0.1, 0.15) is 0 Å². The Balaban J connectivity index is 1.56. The van der Waals surface area contributed by atoms with Gasteiger partial charge in [-0.25, -0.2) is 4.98 Å². The Labute approximate surface area is 249 Å². The van der Waals surface area contributed by atoms with Crippen LogP contribution < -0.4 is 11.1 Å². The molecule has 0 saturated carbocycles. The van der Waals surface area contributed by atoms with Gasteiger partial charge in [-0.1, -0.05) is 55.5 Å². The molecule has 0 aliphatic heterocycles. The van der Waals surface area contributed by atoms with Crippen LogP contribution in [0.3, 0.4) is 0 Å². The topological polar surface area (TPSA) is 100.0 Å². The van der Waals surface area contributed by atoms with E-state index in [1.54, 1.807) is 41.7 Å². The molecule has 2 unspecified atom stereocenters. The maximum absolute atomic E-state index is 13.5. The fourth-order valence-corrected chi connectivity index (χ4v) is 5.15. The number of imidazole rings is 1. The molecule has 11 heteroatoms. The first-order valence-electron chi connectivity index (χ1n) is 13.5. The Bertz CT molecular complexity index is 1400. The zero-order valence-corrected chi connectivity index (χ0v) is 24.3. The van der Waals surface area contributed by atoms with Crippen LogP contribution in [0.1, 0.15) is 47.7 Å². The minimum atomic E-state index is -4.46. The summed E-state index contributed by atoms with van der Waals surface area (Å²) in [6, 6.07) is 14.5. The van der Waals surface area contributed by atoms with Crippen molar-refractivity contribution >= 4 is 23.1 Å². The zero-order valence-electron chi connectivity index (χ0n) is 23.5. The zero-order chi connectivity index (χ0) is 30.7. The molecule has 3 aromatic rings. The molecule has 222 valence electrons. The molecule has 1 heterocycles. The number of rotatable bonds is 14. The lowest BCUT2D eigenvalue weighted by atomic mass is 9.97. The lowest BCUT2D eigenvalue weighted by Crippen LogP contribution is -2.42. The molecule has 3 rings (SSSR count). The second kappa shape index (κ2) is 15.3. The van der Waals surface area contributed by atoms with E-state index in [1.165, 1.54) is 12.1 Å². The molecule has 0 radical (unpaired) electrons. The van der Waals surface area contributed by atoms with Crippen molar-refractivity contribution in [1.82, 2.24) is 19.8 Å². The van der Waals surface area contributed by atoms with E-state index in [0.29, 0.717) is 36.5 Å². The fraction of sp³-hybridized carbons (Fsp3) is 0.355. The average Bonchev–Trinajstić information content (AvgIpc) is 3.38. The van der Waals surface area contributed by atoms with Crippen molar-refractivity contribution in [3.05, 3.63) is 102 Å². The van der Waals surface area contributed by atoms with Gasteiger partial charge in [0.25, 0.3) is 0 Å². The lowest BCUT2D eigenvalue weighted by Gasteiger charge is -2.28. The van der Waals surface area contributed by atoms with Crippen LogP contribution in [0.15, 0.2) is 73.7 Å². The smallest absolute Gasteiger partial charge is 0.358 e. The minimum Gasteiger partial charge on any atom is -0.358 e. The maximum atomic E-state index is 13.5. The molecule has 1 aromatic heterocycles. The van der Waals surface area contributed by atoms with E-state index in [4.69, 9.17) is 23.2 Å². The highest BCUT2D eigenvalue weighted by Gasteiger charge is 2.33. The number of hydrogen-bond donors (Lipinski definition) is 2. The summed E-state index contributed by atoms with van der Waals surface area (Å²) in [5, 5.41) is 12.0. The van der Waals surface area contributed by atoms with Crippen LogP contribution >= 0.6 is 12.2 Å². The summed E-state index contributed by atoms with van der Waals surface area (Å²) < 4.78 is 42.4. The summed E-state index contributed by atoms with van der Waals surface area (Å²) in [4.78, 5) is 19.3. The summed E-state index contributed by atoms with van der Waals surface area (Å²) >= 11 is 5.64. The van der Waals surface area contributed by atoms with Crippen molar-refractivity contribution in [2.24, 2.45) is 11.7 Å². The second-order valence-electron chi connectivity index (χ2n) is 10.3. The number of thiocarbonyl (C=S) groups is 1. The lowest BCUT2D eigenvalue weighted by molar-refractivity contribution is -0.138. The van der Waals surface area contributed by atoms with Crippen molar-refractivity contribution in [2.75, 3.05) is 13.1 Å². The molecule has 1 amide bonds. The highest BCUT2D eigenvalue weighted by molar-refractivity contribution is 7.80. The maximum Gasteiger partial charge on any atom is 0.416 e. The van der Waals surface area contributed by atoms with Gasteiger partial charge in [-0.15, -0.1) is 6.58 Å². The molecular weight excluding hydrogens is 561 g/mol. The van der Waals surface area contributed by atoms with Crippen molar-refractivity contribution in [3.63, 3.8) is 0 Å². The van der Waals surface area contributed by atoms with Gasteiger partial charge in [-0.3, -0.25) is 4.79 Å². The largest absolute Gasteiger partial charge is 0.416 e. The fourth-order valence-electron chi connectivity index (χ4n) is 4.72. The number of benzene rings is 2. The number of alkyl halides is 3. The number of aromatic nitrogens is 2. The molecule has 7 nitrogen and oxygen atoms in total. The first kappa shape index (κ1) is 32.5. The first-order valence-corrected chi connectivity index (χ1v) is 14.0. The van der Waals surface area contributed by atoms with E-state index >= 15 is 0 Å². The third kappa shape index (κ3) is 9.53. The molecule has 2 aromatic carbocycles. The number of amides is 1. The molecule has 0 fully saturated rings. The van der Waals surface area contributed by atoms with Gasteiger partial charge in [0.15, 0.2) is 0 Å². The van der Waals surface area contributed by atoms with E-state index in [0.717, 1.165) is 17.3 Å². The Morgan fingerprint density at radius 2 is 1.98 bits per heavy atom. The van der Waals surface area contributed by atoms with E-state index in [-0.39, 0.29) is 42.9 Å². The SMILES string of the molecule is C=CCN(Cc1ccccc1C(F)(F)F)C(=S)CC(C)CC(CN)NC(=O)Cc1cncn1Cc1ccc(C#N)cc1. The molecule has 0 saturated heterocycles. The normalized spacial score (nSPS) is 12.7. The Hall–Kier alpha value is -4.01. The quantitative estimate of drug-likeness (QED) is 0.195. The molecule has 3 N–H and O–H groups in total. The number of carbonyl (C=O) groups is 1. The number of hydrogen-bond acceptors (Lipinski definition) is 5. The highest BCUT2D eigenvalue weighted by atomic mass is 32.1. The van der Waals surface area contributed by atoms with Crippen LogP contribution in [0.2, 0.25) is 0 Å². The van der Waals surface area contributed by atoms with Gasteiger partial charge in [-0.2, -0.15) is 18.4 Å². The van der Waals surface area contributed by atoms with Crippen LogP contribution in [0.4, 0.5) is 13.2 Å². The predicted octanol–water partition coefficient (Wildman–Crippen LogP) is 5.24. The molecule has 2 atom stereocenters. The van der Waals surface area contributed by atoms with Crippen LogP contribution in [-0.4, -0.2) is 44.5 Å². The first-order chi connectivity index (χ1) is 20.0. The van der Waals surface area contributed by atoms with Gasteiger partial charge in [0.2, 0.25) is 5.91 Å².